The lowest BCUT2D eigenvalue weighted by Gasteiger charge is -2.25. The molecule has 2 aliphatic carbocycles. The highest BCUT2D eigenvalue weighted by molar-refractivity contribution is 5.81. The molecule has 0 heterocycles. The predicted molar refractivity (Wildman–Crippen MR) is 62.4 cm³/mol. The van der Waals surface area contributed by atoms with Crippen molar-refractivity contribution in [2.24, 2.45) is 0 Å². The summed E-state index contributed by atoms with van der Waals surface area (Å²) >= 11 is 0. The zero-order valence-electron chi connectivity index (χ0n) is 10.0. The Labute approximate surface area is 102 Å². The number of hydrogen-bond donors (Lipinski definition) is 1. The number of hydrogen-bond acceptors (Lipinski definition) is 4. The minimum Gasteiger partial charge on any atom is -0.456 e. The number of aliphatic hydroxyl groups is 1. The lowest BCUT2D eigenvalue weighted by Crippen LogP contribution is -2.34. The highest BCUT2D eigenvalue weighted by atomic mass is 16.6. The molecule has 2 aliphatic rings. The lowest BCUT2D eigenvalue weighted by molar-refractivity contribution is -0.154. The van der Waals surface area contributed by atoms with Crippen LogP contribution in [-0.2, 0) is 14.3 Å². The molecule has 96 valence electrons. The molecule has 17 heavy (non-hydrogen) atoms. The fourth-order valence-corrected chi connectivity index (χ4v) is 2.67. The minimum atomic E-state index is -0.391. The molecule has 0 aromatic rings. The third-order valence-corrected chi connectivity index (χ3v) is 3.59. The Bertz CT molecular complexity index is 289. The van der Waals surface area contributed by atoms with E-state index in [4.69, 9.17) is 9.47 Å². The van der Waals surface area contributed by atoms with Crippen LogP contribution >= 0.6 is 0 Å². The molecule has 2 saturated carbocycles. The van der Waals surface area contributed by atoms with Crippen LogP contribution < -0.4 is 0 Å². The molecule has 4 atom stereocenters. The Morgan fingerprint density at radius 1 is 1.12 bits per heavy atom. The zero-order valence-corrected chi connectivity index (χ0v) is 10.0. The van der Waals surface area contributed by atoms with Crippen LogP contribution in [0, 0.1) is 0 Å². The van der Waals surface area contributed by atoms with E-state index < -0.39 is 5.97 Å². The minimum absolute atomic E-state index is 0.0587. The molecule has 1 N–H and O–H groups in total. The standard InChI is InChI=1S/C13H20O4/c1-2-13(15)17-12-8-4-7-11(12)16-10-6-3-5-9(10)14/h2,9-12,14H,1,3-8H2. The van der Waals surface area contributed by atoms with Crippen molar-refractivity contribution in [3.8, 4) is 0 Å². The van der Waals surface area contributed by atoms with Gasteiger partial charge < -0.3 is 14.6 Å². The first-order chi connectivity index (χ1) is 8.20. The summed E-state index contributed by atoms with van der Waals surface area (Å²) in [5, 5.41) is 9.71. The van der Waals surface area contributed by atoms with Gasteiger partial charge in [0.15, 0.2) is 0 Å². The monoisotopic (exact) mass is 240 g/mol. The van der Waals surface area contributed by atoms with Gasteiger partial charge in [0, 0.05) is 6.08 Å². The first-order valence-corrected chi connectivity index (χ1v) is 6.37. The fraction of sp³-hybridized carbons (Fsp3) is 0.769. The van der Waals surface area contributed by atoms with Gasteiger partial charge in [-0.2, -0.15) is 0 Å². The van der Waals surface area contributed by atoms with E-state index in [0.29, 0.717) is 0 Å². The van der Waals surface area contributed by atoms with Gasteiger partial charge in [-0.15, -0.1) is 0 Å². The Morgan fingerprint density at radius 3 is 2.41 bits per heavy atom. The molecule has 0 saturated heterocycles. The van der Waals surface area contributed by atoms with E-state index in [1.54, 1.807) is 0 Å². The topological polar surface area (TPSA) is 55.8 Å². The zero-order chi connectivity index (χ0) is 12.3. The van der Waals surface area contributed by atoms with Crippen molar-refractivity contribution >= 4 is 5.97 Å². The van der Waals surface area contributed by atoms with Crippen LogP contribution in [0.4, 0.5) is 0 Å². The second-order valence-electron chi connectivity index (χ2n) is 4.82. The summed E-state index contributed by atoms with van der Waals surface area (Å²) in [6, 6.07) is 0. The quantitative estimate of drug-likeness (QED) is 0.598. The Kier molecular flexibility index (Phi) is 4.18. The van der Waals surface area contributed by atoms with Gasteiger partial charge in [-0.1, -0.05) is 6.58 Å². The second kappa shape index (κ2) is 5.65. The molecule has 0 amide bonds. The Hall–Kier alpha value is -0.870. The lowest BCUT2D eigenvalue weighted by atomic mass is 10.2. The Morgan fingerprint density at radius 2 is 1.76 bits per heavy atom. The van der Waals surface area contributed by atoms with Gasteiger partial charge in [-0.3, -0.25) is 0 Å². The van der Waals surface area contributed by atoms with Gasteiger partial charge in [-0.25, -0.2) is 4.79 Å². The van der Waals surface area contributed by atoms with Gasteiger partial charge in [0.1, 0.15) is 6.10 Å². The van der Waals surface area contributed by atoms with Crippen molar-refractivity contribution in [1.29, 1.82) is 0 Å². The summed E-state index contributed by atoms with van der Waals surface area (Å²) in [4.78, 5) is 11.2. The van der Waals surface area contributed by atoms with Crippen LogP contribution in [0.15, 0.2) is 12.7 Å². The number of ether oxygens (including phenoxy) is 2. The molecule has 2 rings (SSSR count). The summed E-state index contributed by atoms with van der Waals surface area (Å²) in [7, 11) is 0. The molecule has 4 heteroatoms. The number of carbonyl (C=O) groups is 1. The third-order valence-electron chi connectivity index (χ3n) is 3.59. The molecule has 0 aromatic heterocycles. The first kappa shape index (κ1) is 12.6. The van der Waals surface area contributed by atoms with E-state index in [2.05, 4.69) is 6.58 Å². The second-order valence-corrected chi connectivity index (χ2v) is 4.82. The van der Waals surface area contributed by atoms with Gasteiger partial charge in [0.2, 0.25) is 0 Å². The maximum Gasteiger partial charge on any atom is 0.330 e. The SMILES string of the molecule is C=CC(=O)OC1CCCC1OC1CCCC1O. The first-order valence-electron chi connectivity index (χ1n) is 6.37. The van der Waals surface area contributed by atoms with Crippen LogP contribution in [0.5, 0.6) is 0 Å². The molecule has 2 fully saturated rings. The van der Waals surface area contributed by atoms with Gasteiger partial charge >= 0.3 is 5.97 Å². The normalized spacial score (nSPS) is 37.0. The van der Waals surface area contributed by atoms with Crippen LogP contribution in [-0.4, -0.2) is 35.5 Å². The molecular formula is C13H20O4. The summed E-state index contributed by atoms with van der Waals surface area (Å²) < 4.78 is 11.1. The summed E-state index contributed by atoms with van der Waals surface area (Å²) in [6.07, 6.45) is 5.98. The van der Waals surface area contributed by atoms with E-state index in [9.17, 15) is 9.90 Å². The van der Waals surface area contributed by atoms with E-state index in [1.165, 1.54) is 6.08 Å². The van der Waals surface area contributed by atoms with Crippen LogP contribution in [0.3, 0.4) is 0 Å². The Balaban J connectivity index is 1.86. The van der Waals surface area contributed by atoms with Crippen molar-refractivity contribution in [1.82, 2.24) is 0 Å². The molecule has 4 unspecified atom stereocenters. The van der Waals surface area contributed by atoms with E-state index in [-0.39, 0.29) is 24.4 Å². The number of esters is 1. The predicted octanol–water partition coefficient (Wildman–Crippen LogP) is 1.57. The maximum atomic E-state index is 11.2. The van der Waals surface area contributed by atoms with Crippen molar-refractivity contribution < 1.29 is 19.4 Å². The van der Waals surface area contributed by atoms with Crippen LogP contribution in [0.2, 0.25) is 0 Å². The highest BCUT2D eigenvalue weighted by Crippen LogP contribution is 2.30. The number of carbonyl (C=O) groups excluding carboxylic acids is 1. The van der Waals surface area contributed by atoms with Gasteiger partial charge in [0.25, 0.3) is 0 Å². The fourth-order valence-electron chi connectivity index (χ4n) is 2.67. The molecule has 0 spiro atoms. The van der Waals surface area contributed by atoms with Gasteiger partial charge in [0.05, 0.1) is 18.3 Å². The van der Waals surface area contributed by atoms with E-state index in [0.717, 1.165) is 38.5 Å². The maximum absolute atomic E-state index is 11.2. The van der Waals surface area contributed by atoms with Crippen molar-refractivity contribution in [3.05, 3.63) is 12.7 Å². The molecule has 4 nitrogen and oxygen atoms in total. The van der Waals surface area contributed by atoms with Crippen LogP contribution in [0.25, 0.3) is 0 Å². The number of rotatable bonds is 4. The van der Waals surface area contributed by atoms with Gasteiger partial charge in [-0.05, 0) is 38.5 Å². The van der Waals surface area contributed by atoms with E-state index >= 15 is 0 Å². The summed E-state index contributed by atoms with van der Waals surface area (Å²) in [6.45, 7) is 3.39. The molecular weight excluding hydrogens is 220 g/mol. The highest BCUT2D eigenvalue weighted by Gasteiger charge is 2.36. The molecule has 0 bridgehead atoms. The largest absolute Gasteiger partial charge is 0.456 e. The third kappa shape index (κ3) is 3.07. The van der Waals surface area contributed by atoms with E-state index in [1.807, 2.05) is 0 Å². The molecule has 0 aromatic carbocycles. The van der Waals surface area contributed by atoms with Crippen LogP contribution in [0.1, 0.15) is 38.5 Å². The molecule has 0 aliphatic heterocycles. The smallest absolute Gasteiger partial charge is 0.330 e. The molecule has 0 radical (unpaired) electrons. The van der Waals surface area contributed by atoms with Crippen molar-refractivity contribution in [2.75, 3.05) is 0 Å². The van der Waals surface area contributed by atoms with Crippen molar-refractivity contribution in [3.63, 3.8) is 0 Å². The summed E-state index contributed by atoms with van der Waals surface area (Å²) in [5.74, 6) is -0.391. The number of aliphatic hydroxyl groups excluding tert-OH is 1. The average Bonchev–Trinajstić information content (AvgIpc) is 2.90. The summed E-state index contributed by atoms with van der Waals surface area (Å²) in [5.41, 5.74) is 0. The van der Waals surface area contributed by atoms with Crippen molar-refractivity contribution in [2.45, 2.75) is 62.9 Å². The average molecular weight is 240 g/mol.